The normalized spacial score (nSPS) is 14.1. The first kappa shape index (κ1) is 21.4. The molecule has 0 N–H and O–H groups in total. The highest BCUT2D eigenvalue weighted by molar-refractivity contribution is 7.20. The lowest BCUT2D eigenvalue weighted by atomic mass is 10.2. The zero-order valence-electron chi connectivity index (χ0n) is 17.8. The quantitative estimate of drug-likeness (QED) is 0.305. The molecule has 3 heterocycles. The predicted molar refractivity (Wildman–Crippen MR) is 130 cm³/mol. The van der Waals surface area contributed by atoms with Gasteiger partial charge >= 0.3 is 0 Å². The summed E-state index contributed by atoms with van der Waals surface area (Å²) in [7, 11) is 0. The molecule has 8 nitrogen and oxygen atoms in total. The number of nitrogens with zero attached hydrogens (tertiary/aromatic N) is 5. The number of nitro groups is 1. The number of anilines is 1. The third-order valence-electron chi connectivity index (χ3n) is 5.80. The highest BCUT2D eigenvalue weighted by atomic mass is 35.5. The molecule has 0 radical (unpaired) electrons. The molecule has 0 aliphatic carbocycles. The van der Waals surface area contributed by atoms with Crippen molar-refractivity contribution >= 4 is 50.4 Å². The molecule has 0 unspecified atom stereocenters. The maximum absolute atomic E-state index is 13.3. The zero-order chi connectivity index (χ0) is 23.1. The van der Waals surface area contributed by atoms with E-state index in [0.29, 0.717) is 41.8 Å². The van der Waals surface area contributed by atoms with Crippen molar-refractivity contribution in [3.05, 3.63) is 80.3 Å². The number of aromatic nitrogens is 2. The van der Waals surface area contributed by atoms with Gasteiger partial charge in [-0.25, -0.2) is 4.68 Å². The maximum Gasteiger partial charge on any atom is 0.294 e. The van der Waals surface area contributed by atoms with Crippen molar-refractivity contribution in [3.63, 3.8) is 0 Å². The Hall–Kier alpha value is -3.43. The van der Waals surface area contributed by atoms with Crippen molar-refractivity contribution in [2.24, 2.45) is 0 Å². The summed E-state index contributed by atoms with van der Waals surface area (Å²) < 4.78 is 1.88. The second-order valence-electron chi connectivity index (χ2n) is 7.83. The van der Waals surface area contributed by atoms with Gasteiger partial charge in [-0.15, -0.1) is 11.3 Å². The monoisotopic (exact) mass is 481 g/mol. The average Bonchev–Trinajstić information content (AvgIpc) is 3.40. The van der Waals surface area contributed by atoms with Gasteiger partial charge < -0.3 is 9.80 Å². The van der Waals surface area contributed by atoms with E-state index in [4.69, 9.17) is 11.6 Å². The summed E-state index contributed by atoms with van der Waals surface area (Å²) in [6.45, 7) is 3.93. The minimum Gasteiger partial charge on any atom is -0.362 e. The van der Waals surface area contributed by atoms with Gasteiger partial charge in [-0.2, -0.15) is 5.10 Å². The van der Waals surface area contributed by atoms with Gasteiger partial charge in [-0.05, 0) is 37.3 Å². The lowest BCUT2D eigenvalue weighted by Gasteiger charge is -2.35. The first-order valence-electron chi connectivity index (χ1n) is 10.4. The number of hydrogen-bond acceptors (Lipinski definition) is 6. The van der Waals surface area contributed by atoms with Crippen molar-refractivity contribution in [2.75, 3.05) is 31.1 Å². The van der Waals surface area contributed by atoms with Crippen LogP contribution in [0.4, 0.5) is 11.4 Å². The number of piperazine rings is 1. The molecule has 0 saturated carbocycles. The van der Waals surface area contributed by atoms with E-state index in [0.717, 1.165) is 21.6 Å². The van der Waals surface area contributed by atoms with Gasteiger partial charge in [-0.3, -0.25) is 14.9 Å². The number of carbonyl (C=O) groups is 1. The van der Waals surface area contributed by atoms with E-state index in [2.05, 4.69) is 5.10 Å². The van der Waals surface area contributed by atoms with Gasteiger partial charge in [0.05, 0.1) is 21.2 Å². The highest BCUT2D eigenvalue weighted by Gasteiger charge is 2.28. The van der Waals surface area contributed by atoms with E-state index in [1.54, 1.807) is 17.0 Å². The molecule has 33 heavy (non-hydrogen) atoms. The van der Waals surface area contributed by atoms with Gasteiger partial charge in [0.2, 0.25) is 0 Å². The minimum absolute atomic E-state index is 0.0206. The van der Waals surface area contributed by atoms with E-state index in [9.17, 15) is 14.9 Å². The number of hydrogen-bond donors (Lipinski definition) is 0. The van der Waals surface area contributed by atoms with Gasteiger partial charge in [0, 0.05) is 42.7 Å². The first-order chi connectivity index (χ1) is 15.9. The molecular weight excluding hydrogens is 462 g/mol. The third kappa shape index (κ3) is 3.94. The molecule has 0 spiro atoms. The van der Waals surface area contributed by atoms with Crippen LogP contribution in [0.15, 0.2) is 54.6 Å². The van der Waals surface area contributed by atoms with Gasteiger partial charge in [-0.1, -0.05) is 29.8 Å². The van der Waals surface area contributed by atoms with Crippen LogP contribution in [0.1, 0.15) is 15.4 Å². The molecule has 0 atom stereocenters. The number of rotatable bonds is 4. The number of thiophene rings is 1. The molecule has 2 aromatic heterocycles. The van der Waals surface area contributed by atoms with E-state index in [1.165, 1.54) is 17.4 Å². The van der Waals surface area contributed by atoms with Crippen molar-refractivity contribution in [3.8, 4) is 5.69 Å². The lowest BCUT2D eigenvalue weighted by Crippen LogP contribution is -2.48. The molecule has 5 rings (SSSR count). The third-order valence-corrected chi connectivity index (χ3v) is 7.13. The molecule has 0 bridgehead atoms. The molecule has 1 fully saturated rings. The largest absolute Gasteiger partial charge is 0.362 e. The Kier molecular flexibility index (Phi) is 5.51. The van der Waals surface area contributed by atoms with Crippen LogP contribution >= 0.6 is 22.9 Å². The number of halogens is 1. The molecule has 2 aromatic carbocycles. The number of aryl methyl sites for hydroxylation is 1. The number of carbonyl (C=O) groups excluding carboxylic acids is 1. The lowest BCUT2D eigenvalue weighted by molar-refractivity contribution is -0.384. The van der Waals surface area contributed by atoms with E-state index < -0.39 is 4.92 Å². The van der Waals surface area contributed by atoms with Crippen LogP contribution in [-0.4, -0.2) is 51.7 Å². The number of fused-ring (bicyclic) bond motifs is 1. The van der Waals surface area contributed by atoms with Crippen LogP contribution in [0.25, 0.3) is 15.9 Å². The Balaban J connectivity index is 1.35. The molecule has 10 heteroatoms. The van der Waals surface area contributed by atoms with Gasteiger partial charge in [0.25, 0.3) is 11.6 Å². The summed E-state index contributed by atoms with van der Waals surface area (Å²) in [4.78, 5) is 29.6. The summed E-state index contributed by atoms with van der Waals surface area (Å²) in [5.74, 6) is -0.0273. The van der Waals surface area contributed by atoms with Crippen LogP contribution < -0.4 is 4.90 Å². The second kappa shape index (κ2) is 8.49. The summed E-state index contributed by atoms with van der Waals surface area (Å²) in [6.07, 6.45) is 0. The Bertz CT molecular complexity index is 1360. The first-order valence-corrected chi connectivity index (χ1v) is 11.6. The summed E-state index contributed by atoms with van der Waals surface area (Å²) in [5.41, 5.74) is 2.34. The number of nitro benzene ring substituents is 1. The van der Waals surface area contributed by atoms with Crippen molar-refractivity contribution in [2.45, 2.75) is 6.92 Å². The zero-order valence-corrected chi connectivity index (χ0v) is 19.3. The molecule has 168 valence electrons. The Morgan fingerprint density at radius 1 is 1.09 bits per heavy atom. The number of amides is 1. The number of benzene rings is 2. The van der Waals surface area contributed by atoms with E-state index in [-0.39, 0.29) is 11.6 Å². The summed E-state index contributed by atoms with van der Waals surface area (Å²) >= 11 is 7.38. The average molecular weight is 482 g/mol. The molecule has 4 aromatic rings. The fourth-order valence-electron chi connectivity index (χ4n) is 4.11. The summed E-state index contributed by atoms with van der Waals surface area (Å²) in [5, 5.41) is 17.4. The van der Waals surface area contributed by atoms with Crippen LogP contribution in [0.5, 0.6) is 0 Å². The Morgan fingerprint density at radius 3 is 2.52 bits per heavy atom. The van der Waals surface area contributed by atoms with Crippen LogP contribution in [-0.2, 0) is 0 Å². The SMILES string of the molecule is Cc1nn(-c2ccccc2)c2sc(C(=O)N3CCN(c4ccc(Cl)cc4[N+](=O)[O-])CC3)cc12. The maximum atomic E-state index is 13.3. The van der Waals surface area contributed by atoms with Crippen LogP contribution in [0, 0.1) is 17.0 Å². The summed E-state index contributed by atoms with van der Waals surface area (Å²) in [6, 6.07) is 16.5. The fraction of sp³-hybridized carbons (Fsp3) is 0.217. The topological polar surface area (TPSA) is 84.5 Å². The molecule has 1 amide bonds. The molecular formula is C23H20ClN5O3S. The fourth-order valence-corrected chi connectivity index (χ4v) is 5.43. The molecule has 1 saturated heterocycles. The molecule has 1 aliphatic rings. The van der Waals surface area contributed by atoms with Crippen molar-refractivity contribution < 1.29 is 9.72 Å². The Labute approximate surface area is 198 Å². The van der Waals surface area contributed by atoms with E-state index in [1.807, 2.05) is 52.9 Å². The van der Waals surface area contributed by atoms with Crippen molar-refractivity contribution in [1.82, 2.24) is 14.7 Å². The predicted octanol–water partition coefficient (Wildman–Crippen LogP) is 4.92. The molecule has 1 aliphatic heterocycles. The highest BCUT2D eigenvalue weighted by Crippen LogP contribution is 2.33. The minimum atomic E-state index is -0.422. The van der Waals surface area contributed by atoms with Gasteiger partial charge in [0.1, 0.15) is 10.5 Å². The number of para-hydroxylation sites is 1. The standard InChI is InChI=1S/C23H20ClN5O3S/c1-15-18-14-21(33-23(18)28(25-15)17-5-3-2-4-6-17)22(30)27-11-9-26(10-12-27)19-8-7-16(24)13-20(19)29(31)32/h2-8,13-14H,9-12H2,1H3. The Morgan fingerprint density at radius 2 is 1.82 bits per heavy atom. The smallest absolute Gasteiger partial charge is 0.294 e. The van der Waals surface area contributed by atoms with Crippen molar-refractivity contribution in [1.29, 1.82) is 0 Å². The van der Waals surface area contributed by atoms with Crippen LogP contribution in [0.2, 0.25) is 5.02 Å². The van der Waals surface area contributed by atoms with E-state index >= 15 is 0 Å². The van der Waals surface area contributed by atoms with Gasteiger partial charge in [0.15, 0.2) is 0 Å². The van der Waals surface area contributed by atoms with Crippen LogP contribution in [0.3, 0.4) is 0 Å². The second-order valence-corrected chi connectivity index (χ2v) is 9.30.